The summed E-state index contributed by atoms with van der Waals surface area (Å²) in [7, 11) is 0. The van der Waals surface area contributed by atoms with Gasteiger partial charge in [0, 0.05) is 25.1 Å². The second-order valence-corrected chi connectivity index (χ2v) is 14.6. The number of allylic oxidation sites excluding steroid dienone is 4. The van der Waals surface area contributed by atoms with E-state index in [-0.39, 0.29) is 11.5 Å². The Bertz CT molecular complexity index is 2260. The number of aliphatic hydroxyl groups is 1. The van der Waals surface area contributed by atoms with Crippen LogP contribution in [0.5, 0.6) is 0 Å². The number of aliphatic hydroxyl groups excluding tert-OH is 1. The van der Waals surface area contributed by atoms with Gasteiger partial charge in [0.1, 0.15) is 24.1 Å². The molecule has 1 aliphatic heterocycles. The number of hydrogen-bond donors (Lipinski definition) is 1. The van der Waals surface area contributed by atoms with E-state index in [0.717, 1.165) is 85.5 Å². The topological polar surface area (TPSA) is 76.4 Å². The van der Waals surface area contributed by atoms with Crippen LogP contribution in [0.25, 0.3) is 5.57 Å². The highest BCUT2D eigenvalue weighted by molar-refractivity contribution is 6.39. The molecular weight excluding hydrogens is 717 g/mol. The lowest BCUT2D eigenvalue weighted by molar-refractivity contribution is -0.468. The van der Waals surface area contributed by atoms with Crippen LogP contribution in [0.4, 0.5) is 22.7 Å². The molecule has 0 saturated heterocycles. The normalized spacial score (nSPS) is 15.3. The minimum Gasteiger partial charge on any atom is -0.506 e. The third kappa shape index (κ3) is 9.02. The van der Waals surface area contributed by atoms with Crippen molar-refractivity contribution < 1.29 is 14.5 Å². The maximum absolute atomic E-state index is 14.4. The highest BCUT2D eigenvalue weighted by Crippen LogP contribution is 2.40. The summed E-state index contributed by atoms with van der Waals surface area (Å²) < 4.78 is 4.27. The molecule has 1 aliphatic carbocycles. The van der Waals surface area contributed by atoms with Crippen molar-refractivity contribution in [1.29, 1.82) is 0 Å². The SMILES string of the molecule is CCCCCCn1c(/C=N/N(c2ccccc2)c2ccccc2)ccc1C1=C(O)/C(=C2/C=CC(/C=N/N(c3ccccc3)c3ccccc3)=[N+]2CCCCCC)C1=O. The lowest BCUT2D eigenvalue weighted by atomic mass is 9.84. The molecule has 8 nitrogen and oxygen atoms in total. The van der Waals surface area contributed by atoms with E-state index in [0.29, 0.717) is 35.6 Å². The highest BCUT2D eigenvalue weighted by atomic mass is 16.3. The molecule has 0 radical (unpaired) electrons. The highest BCUT2D eigenvalue weighted by Gasteiger charge is 2.43. The van der Waals surface area contributed by atoms with Gasteiger partial charge in [-0.25, -0.2) is 10.0 Å². The van der Waals surface area contributed by atoms with Gasteiger partial charge < -0.3 is 9.67 Å². The Morgan fingerprint density at radius 2 is 1.09 bits per heavy atom. The smallest absolute Gasteiger partial charge is 0.226 e. The van der Waals surface area contributed by atoms with E-state index < -0.39 is 0 Å². The Morgan fingerprint density at radius 1 is 0.586 bits per heavy atom. The van der Waals surface area contributed by atoms with Crippen LogP contribution in [0, 0.1) is 0 Å². The molecule has 0 saturated carbocycles. The third-order valence-electron chi connectivity index (χ3n) is 10.6. The first-order valence-corrected chi connectivity index (χ1v) is 20.7. The molecule has 0 unspecified atom stereocenters. The summed E-state index contributed by atoms with van der Waals surface area (Å²) >= 11 is 0. The van der Waals surface area contributed by atoms with E-state index in [2.05, 4.69) is 23.0 Å². The average molecular weight is 770 g/mol. The van der Waals surface area contributed by atoms with Crippen molar-refractivity contribution in [1.82, 2.24) is 4.57 Å². The number of hydrogen-bond acceptors (Lipinski definition) is 6. The Morgan fingerprint density at radius 3 is 1.59 bits per heavy atom. The Kier molecular flexibility index (Phi) is 13.4. The molecule has 294 valence electrons. The number of rotatable bonds is 19. The minimum atomic E-state index is -0.157. The summed E-state index contributed by atoms with van der Waals surface area (Å²) in [6.45, 7) is 5.81. The number of hydrazone groups is 2. The summed E-state index contributed by atoms with van der Waals surface area (Å²) in [6.07, 6.45) is 16.2. The fourth-order valence-corrected chi connectivity index (χ4v) is 7.47. The summed E-state index contributed by atoms with van der Waals surface area (Å²) in [6, 6.07) is 44.2. The standard InChI is InChI=1S/C50H52N6O2/c1-3-5-7-21-35-53-43(37-51-55(39-23-13-9-14-24-39)40-25-15-10-16-26-40)31-33-45(53)47-49(57)48(50(47)58)46-34-32-44(54(46)36-22-8-6-4-2)38-52-56(41-27-17-11-18-28-41)42-29-19-12-20-30-42/h9-20,23-34,37-38H,3-8,21-22,35-36H2,1-2H3/p+1. The molecule has 2 heterocycles. The van der Waals surface area contributed by atoms with Gasteiger partial charge in [0.2, 0.25) is 17.2 Å². The number of anilines is 4. The van der Waals surface area contributed by atoms with Gasteiger partial charge in [-0.2, -0.15) is 14.8 Å². The first kappa shape index (κ1) is 39.7. The Hall–Kier alpha value is -6.54. The maximum Gasteiger partial charge on any atom is 0.226 e. The van der Waals surface area contributed by atoms with Gasteiger partial charge in [0.05, 0.1) is 45.9 Å². The van der Waals surface area contributed by atoms with Crippen LogP contribution in [0.15, 0.2) is 173 Å². The monoisotopic (exact) mass is 769 g/mol. The molecule has 0 amide bonds. The number of aromatic nitrogens is 1. The van der Waals surface area contributed by atoms with Crippen molar-refractivity contribution in [2.24, 2.45) is 10.2 Å². The molecule has 7 rings (SSSR count). The fourth-order valence-electron chi connectivity index (χ4n) is 7.47. The van der Waals surface area contributed by atoms with Crippen molar-refractivity contribution >= 4 is 52.2 Å². The zero-order valence-corrected chi connectivity index (χ0v) is 33.6. The summed E-state index contributed by atoms with van der Waals surface area (Å²) in [5.41, 5.74) is 7.60. The Balaban J connectivity index is 1.24. The lowest BCUT2D eigenvalue weighted by Gasteiger charge is -2.23. The molecule has 0 atom stereocenters. The van der Waals surface area contributed by atoms with Gasteiger partial charge in [-0.1, -0.05) is 119 Å². The summed E-state index contributed by atoms with van der Waals surface area (Å²) in [5, 5.41) is 25.7. The molecule has 58 heavy (non-hydrogen) atoms. The number of carbonyl (C=O) groups excluding carboxylic acids is 1. The number of ketones is 1. The van der Waals surface area contributed by atoms with Crippen LogP contribution in [-0.4, -0.2) is 44.7 Å². The molecule has 5 aromatic rings. The molecule has 1 aromatic heterocycles. The zero-order chi connectivity index (χ0) is 40.1. The number of carbonyl (C=O) groups is 1. The number of unbranched alkanes of at least 4 members (excludes halogenated alkanes) is 6. The van der Waals surface area contributed by atoms with Crippen molar-refractivity contribution in [2.75, 3.05) is 16.6 Å². The maximum atomic E-state index is 14.4. The number of para-hydroxylation sites is 4. The zero-order valence-electron chi connectivity index (χ0n) is 33.6. The molecule has 0 spiro atoms. The van der Waals surface area contributed by atoms with Crippen molar-refractivity contribution in [3.63, 3.8) is 0 Å². The Labute approximate surface area is 342 Å². The summed E-state index contributed by atoms with van der Waals surface area (Å²) in [5.74, 6) is -0.126. The van der Waals surface area contributed by atoms with E-state index >= 15 is 0 Å². The van der Waals surface area contributed by atoms with Gasteiger partial charge >= 0.3 is 0 Å². The molecular formula is C50H53N6O2+. The van der Waals surface area contributed by atoms with Gasteiger partial charge in [-0.3, -0.25) is 4.79 Å². The molecule has 0 fully saturated rings. The van der Waals surface area contributed by atoms with Crippen molar-refractivity contribution in [2.45, 2.75) is 71.8 Å². The molecule has 1 N–H and O–H groups in total. The number of benzene rings is 4. The first-order chi connectivity index (χ1) is 28.6. The second-order valence-electron chi connectivity index (χ2n) is 14.6. The third-order valence-corrected chi connectivity index (χ3v) is 10.6. The van der Waals surface area contributed by atoms with Crippen LogP contribution in [-0.2, 0) is 11.3 Å². The van der Waals surface area contributed by atoms with Gasteiger partial charge in [-0.15, -0.1) is 0 Å². The first-order valence-electron chi connectivity index (χ1n) is 20.7. The predicted octanol–water partition coefficient (Wildman–Crippen LogP) is 11.8. The molecule has 0 bridgehead atoms. The van der Waals surface area contributed by atoms with E-state index in [1.807, 2.05) is 168 Å². The number of Topliss-reactive ketones (excluding diaryl/α,β-unsaturated/α-hetero) is 1. The van der Waals surface area contributed by atoms with Gasteiger partial charge in [0.15, 0.2) is 0 Å². The van der Waals surface area contributed by atoms with Crippen LogP contribution in [0.1, 0.15) is 76.6 Å². The fraction of sp³-hybridized carbons (Fsp3) is 0.240. The van der Waals surface area contributed by atoms with Crippen LogP contribution < -0.4 is 10.0 Å². The molecule has 2 aliphatic rings. The minimum absolute atomic E-state index is 0.0307. The number of nitrogens with zero attached hydrogens (tertiary/aromatic N) is 6. The van der Waals surface area contributed by atoms with E-state index in [1.54, 1.807) is 0 Å². The van der Waals surface area contributed by atoms with E-state index in [4.69, 9.17) is 10.2 Å². The van der Waals surface area contributed by atoms with Gasteiger partial charge in [0.25, 0.3) is 0 Å². The molecule has 8 heteroatoms. The second kappa shape index (κ2) is 19.6. The predicted molar refractivity (Wildman–Crippen MR) is 240 cm³/mol. The quantitative estimate of drug-likeness (QED) is 0.0298. The summed E-state index contributed by atoms with van der Waals surface area (Å²) in [4.78, 5) is 14.4. The van der Waals surface area contributed by atoms with Gasteiger partial charge in [-0.05, 0) is 73.5 Å². The van der Waals surface area contributed by atoms with Crippen LogP contribution >= 0.6 is 0 Å². The van der Waals surface area contributed by atoms with Crippen LogP contribution in [0.3, 0.4) is 0 Å². The van der Waals surface area contributed by atoms with E-state index in [1.165, 1.54) is 0 Å². The largest absolute Gasteiger partial charge is 0.506 e. The van der Waals surface area contributed by atoms with Crippen molar-refractivity contribution in [3.05, 3.63) is 174 Å². The van der Waals surface area contributed by atoms with Crippen LogP contribution in [0.2, 0.25) is 0 Å². The lowest BCUT2D eigenvalue weighted by Crippen LogP contribution is -2.28. The van der Waals surface area contributed by atoms with E-state index in [9.17, 15) is 9.90 Å². The average Bonchev–Trinajstić information content (AvgIpc) is 3.85. The van der Waals surface area contributed by atoms with Crippen molar-refractivity contribution in [3.8, 4) is 0 Å². The molecule has 4 aromatic carbocycles.